The average molecular weight is 296 g/mol. The van der Waals surface area contributed by atoms with Gasteiger partial charge in [-0.1, -0.05) is 42.5 Å². The zero-order valence-electron chi connectivity index (χ0n) is 11.9. The normalized spacial score (nSPS) is 10.5. The van der Waals surface area contributed by atoms with Crippen molar-refractivity contribution in [3.8, 4) is 0 Å². The van der Waals surface area contributed by atoms with E-state index in [1.165, 1.54) is 18.2 Å². The summed E-state index contributed by atoms with van der Waals surface area (Å²) in [5.41, 5.74) is 1.53. The molecule has 5 nitrogen and oxygen atoms in total. The van der Waals surface area contributed by atoms with Crippen molar-refractivity contribution in [2.75, 3.05) is 6.54 Å². The number of amides is 1. The largest absolute Gasteiger partial charge is 0.352 e. The Balaban J connectivity index is 1.88. The monoisotopic (exact) mass is 296 g/mol. The number of nitrogens with one attached hydrogen (secondary N) is 1. The standard InChI is InChI=1S/C17H16N2O3/c20-17(18-13-12-14-6-2-1-3-7-14)11-10-15-8-4-5-9-16(15)19(21)22/h1-11H,12-13H2,(H,18,20)/b11-10+. The zero-order chi connectivity index (χ0) is 15.8. The van der Waals surface area contributed by atoms with E-state index in [1.54, 1.807) is 18.2 Å². The molecule has 1 N–H and O–H groups in total. The van der Waals surface area contributed by atoms with Crippen molar-refractivity contribution in [2.45, 2.75) is 6.42 Å². The van der Waals surface area contributed by atoms with Crippen molar-refractivity contribution in [1.29, 1.82) is 0 Å². The van der Waals surface area contributed by atoms with E-state index in [1.807, 2.05) is 30.3 Å². The maximum Gasteiger partial charge on any atom is 0.276 e. The Morgan fingerprint density at radius 1 is 1.09 bits per heavy atom. The summed E-state index contributed by atoms with van der Waals surface area (Å²) in [6, 6.07) is 16.1. The average Bonchev–Trinajstić information content (AvgIpc) is 2.54. The molecule has 0 atom stereocenters. The molecule has 2 aromatic carbocycles. The summed E-state index contributed by atoms with van der Waals surface area (Å²) < 4.78 is 0. The number of nitro groups is 1. The van der Waals surface area contributed by atoms with Crippen LogP contribution < -0.4 is 5.32 Å². The number of para-hydroxylation sites is 1. The second-order valence-electron chi connectivity index (χ2n) is 4.68. The van der Waals surface area contributed by atoms with Crippen LogP contribution in [0.1, 0.15) is 11.1 Å². The third-order valence-corrected chi connectivity index (χ3v) is 3.10. The molecule has 0 bridgehead atoms. The minimum Gasteiger partial charge on any atom is -0.352 e. The van der Waals surface area contributed by atoms with Crippen molar-refractivity contribution >= 4 is 17.7 Å². The Kier molecular flexibility index (Phi) is 5.43. The van der Waals surface area contributed by atoms with E-state index >= 15 is 0 Å². The first-order valence-corrected chi connectivity index (χ1v) is 6.90. The van der Waals surface area contributed by atoms with Crippen LogP contribution in [0, 0.1) is 10.1 Å². The fraction of sp³-hybridized carbons (Fsp3) is 0.118. The number of benzene rings is 2. The zero-order valence-corrected chi connectivity index (χ0v) is 11.9. The van der Waals surface area contributed by atoms with Crippen LogP contribution in [0.3, 0.4) is 0 Å². The lowest BCUT2D eigenvalue weighted by molar-refractivity contribution is -0.385. The Hall–Kier alpha value is -2.95. The number of hydrogen-bond acceptors (Lipinski definition) is 3. The van der Waals surface area contributed by atoms with Gasteiger partial charge >= 0.3 is 0 Å². The number of hydrogen-bond donors (Lipinski definition) is 1. The topological polar surface area (TPSA) is 72.2 Å². The number of carbonyl (C=O) groups excluding carboxylic acids is 1. The lowest BCUT2D eigenvalue weighted by Crippen LogP contribution is -2.23. The van der Waals surface area contributed by atoms with Crippen LogP contribution in [0.4, 0.5) is 5.69 Å². The summed E-state index contributed by atoms with van der Waals surface area (Å²) in [6.45, 7) is 0.518. The molecule has 0 spiro atoms. The molecule has 0 heterocycles. The minimum absolute atomic E-state index is 0.0177. The molecule has 0 aromatic heterocycles. The molecular weight excluding hydrogens is 280 g/mol. The Morgan fingerprint density at radius 2 is 1.77 bits per heavy atom. The van der Waals surface area contributed by atoms with Crippen molar-refractivity contribution in [2.24, 2.45) is 0 Å². The van der Waals surface area contributed by atoms with Crippen molar-refractivity contribution in [1.82, 2.24) is 5.32 Å². The Morgan fingerprint density at radius 3 is 2.50 bits per heavy atom. The highest BCUT2D eigenvalue weighted by atomic mass is 16.6. The number of rotatable bonds is 6. The molecule has 0 unspecified atom stereocenters. The summed E-state index contributed by atoms with van der Waals surface area (Å²) in [4.78, 5) is 22.1. The van der Waals surface area contributed by atoms with E-state index in [2.05, 4.69) is 5.32 Å². The molecule has 2 rings (SSSR count). The van der Waals surface area contributed by atoms with Crippen LogP contribution in [0.25, 0.3) is 6.08 Å². The fourth-order valence-electron chi connectivity index (χ4n) is 1.99. The first kappa shape index (κ1) is 15.4. The second-order valence-corrected chi connectivity index (χ2v) is 4.68. The molecule has 0 aliphatic carbocycles. The third-order valence-electron chi connectivity index (χ3n) is 3.10. The van der Waals surface area contributed by atoms with Crippen LogP contribution in [-0.2, 0) is 11.2 Å². The quantitative estimate of drug-likeness (QED) is 0.506. The fourth-order valence-corrected chi connectivity index (χ4v) is 1.99. The van der Waals surface area contributed by atoms with Gasteiger partial charge in [-0.2, -0.15) is 0 Å². The van der Waals surface area contributed by atoms with Gasteiger partial charge in [0.05, 0.1) is 10.5 Å². The molecule has 5 heteroatoms. The molecule has 2 aromatic rings. The molecule has 0 radical (unpaired) electrons. The summed E-state index contributed by atoms with van der Waals surface area (Å²) in [7, 11) is 0. The van der Waals surface area contributed by atoms with Crippen molar-refractivity contribution in [3.63, 3.8) is 0 Å². The van der Waals surface area contributed by atoms with E-state index < -0.39 is 4.92 Å². The van der Waals surface area contributed by atoms with E-state index in [0.29, 0.717) is 12.1 Å². The molecule has 0 fully saturated rings. The second kappa shape index (κ2) is 7.73. The van der Waals surface area contributed by atoms with Gasteiger partial charge in [-0.3, -0.25) is 14.9 Å². The van der Waals surface area contributed by atoms with Crippen LogP contribution in [0.15, 0.2) is 60.7 Å². The van der Waals surface area contributed by atoms with Crippen LogP contribution in [0.2, 0.25) is 0 Å². The lowest BCUT2D eigenvalue weighted by Gasteiger charge is -2.02. The van der Waals surface area contributed by atoms with Gasteiger partial charge in [0.25, 0.3) is 5.69 Å². The predicted octanol–water partition coefficient (Wildman–Crippen LogP) is 2.97. The molecule has 22 heavy (non-hydrogen) atoms. The maximum atomic E-state index is 11.7. The highest BCUT2D eigenvalue weighted by Crippen LogP contribution is 2.18. The van der Waals surface area contributed by atoms with Gasteiger partial charge in [-0.25, -0.2) is 0 Å². The molecular formula is C17H16N2O3. The highest BCUT2D eigenvalue weighted by molar-refractivity contribution is 5.92. The van der Waals surface area contributed by atoms with Gasteiger partial charge in [-0.15, -0.1) is 0 Å². The summed E-state index contributed by atoms with van der Waals surface area (Å²) in [5.74, 6) is -0.269. The number of carbonyl (C=O) groups is 1. The van der Waals surface area contributed by atoms with Crippen LogP contribution in [0.5, 0.6) is 0 Å². The smallest absolute Gasteiger partial charge is 0.276 e. The minimum atomic E-state index is -0.465. The lowest BCUT2D eigenvalue weighted by atomic mass is 10.1. The van der Waals surface area contributed by atoms with Gasteiger partial charge in [0, 0.05) is 18.7 Å². The molecule has 0 saturated carbocycles. The molecule has 0 aliphatic rings. The first-order valence-electron chi connectivity index (χ1n) is 6.90. The van der Waals surface area contributed by atoms with Gasteiger partial charge in [0.1, 0.15) is 0 Å². The number of nitro benzene ring substituents is 1. The van der Waals surface area contributed by atoms with Crippen molar-refractivity contribution < 1.29 is 9.72 Å². The number of nitrogens with zero attached hydrogens (tertiary/aromatic N) is 1. The molecule has 112 valence electrons. The predicted molar refractivity (Wildman–Crippen MR) is 85.3 cm³/mol. The van der Waals surface area contributed by atoms with E-state index in [0.717, 1.165) is 12.0 Å². The van der Waals surface area contributed by atoms with Crippen molar-refractivity contribution in [3.05, 3.63) is 81.9 Å². The third kappa shape index (κ3) is 4.56. The van der Waals surface area contributed by atoms with Crippen LogP contribution >= 0.6 is 0 Å². The molecule has 1 amide bonds. The van der Waals surface area contributed by atoms with Gasteiger partial charge in [-0.05, 0) is 24.1 Å². The first-order chi connectivity index (χ1) is 10.7. The summed E-state index contributed by atoms with van der Waals surface area (Å²) in [5, 5.41) is 13.6. The van der Waals surface area contributed by atoms with Crippen LogP contribution in [-0.4, -0.2) is 17.4 Å². The molecule has 0 aliphatic heterocycles. The van der Waals surface area contributed by atoms with Gasteiger partial charge in [0.2, 0.25) is 5.91 Å². The van der Waals surface area contributed by atoms with Gasteiger partial charge < -0.3 is 5.32 Å². The Bertz CT molecular complexity index is 681. The maximum absolute atomic E-state index is 11.7. The SMILES string of the molecule is O=C(/C=C/c1ccccc1[N+](=O)[O-])NCCc1ccccc1. The summed E-state index contributed by atoms with van der Waals surface area (Å²) >= 11 is 0. The highest BCUT2D eigenvalue weighted by Gasteiger charge is 2.09. The van der Waals surface area contributed by atoms with E-state index in [4.69, 9.17) is 0 Å². The summed E-state index contributed by atoms with van der Waals surface area (Å²) in [6.07, 6.45) is 3.51. The van der Waals surface area contributed by atoms with Gasteiger partial charge in [0.15, 0.2) is 0 Å². The molecule has 0 saturated heterocycles. The van der Waals surface area contributed by atoms with E-state index in [-0.39, 0.29) is 11.6 Å². The van der Waals surface area contributed by atoms with E-state index in [9.17, 15) is 14.9 Å². The Labute approximate surface area is 128 Å².